The van der Waals surface area contributed by atoms with Crippen molar-refractivity contribution in [2.75, 3.05) is 20.7 Å². The normalized spacial score (nSPS) is 9.35. The molecule has 0 aliphatic rings. The van der Waals surface area contributed by atoms with E-state index in [9.17, 15) is 9.59 Å². The van der Waals surface area contributed by atoms with E-state index in [2.05, 4.69) is 4.74 Å². The SMILES string of the molecule is COC(=O)CCN(C)C(=O)n1cc[n+](C)c1.[I-]. The largest absolute Gasteiger partial charge is 1.00 e. The van der Waals surface area contributed by atoms with E-state index in [4.69, 9.17) is 0 Å². The van der Waals surface area contributed by atoms with Crippen LogP contribution in [0, 0.1) is 0 Å². The molecule has 0 N–H and O–H groups in total. The van der Waals surface area contributed by atoms with Gasteiger partial charge >= 0.3 is 12.0 Å². The molecule has 1 heterocycles. The molecule has 0 saturated carbocycles. The summed E-state index contributed by atoms with van der Waals surface area (Å²) in [5.41, 5.74) is 0. The van der Waals surface area contributed by atoms with Crippen molar-refractivity contribution in [1.82, 2.24) is 9.47 Å². The second kappa shape index (κ2) is 7.25. The number of amides is 1. The minimum absolute atomic E-state index is 0. The Morgan fingerprint density at radius 2 is 2.12 bits per heavy atom. The number of esters is 1. The lowest BCUT2D eigenvalue weighted by molar-refractivity contribution is -0.670. The standard InChI is InChI=1S/C10H16N3O3.HI/c1-11-6-7-13(8-11)10(15)12(2)5-4-9(14)16-3;/h6-8H,4-5H2,1-3H3;1H/q+1;/p-1. The Hall–Kier alpha value is -1.12. The molecular formula is C10H16IN3O3. The molecule has 0 spiro atoms. The summed E-state index contributed by atoms with van der Waals surface area (Å²) in [6, 6.07) is -0.176. The highest BCUT2D eigenvalue weighted by atomic mass is 127. The molecule has 1 aromatic heterocycles. The minimum Gasteiger partial charge on any atom is -1.00 e. The summed E-state index contributed by atoms with van der Waals surface area (Å²) in [7, 11) is 4.81. The van der Waals surface area contributed by atoms with Gasteiger partial charge < -0.3 is 33.6 Å². The quantitative estimate of drug-likeness (QED) is 0.327. The lowest BCUT2D eigenvalue weighted by Crippen LogP contribution is -3.00. The Kier molecular flexibility index (Phi) is 6.78. The molecule has 0 fully saturated rings. The number of halogens is 1. The Morgan fingerprint density at radius 1 is 1.47 bits per heavy atom. The van der Waals surface area contributed by atoms with E-state index in [1.54, 1.807) is 30.3 Å². The fourth-order valence-corrected chi connectivity index (χ4v) is 1.22. The van der Waals surface area contributed by atoms with E-state index in [1.807, 2.05) is 7.05 Å². The Labute approximate surface area is 117 Å². The predicted octanol–water partition coefficient (Wildman–Crippen LogP) is -3.22. The highest BCUT2D eigenvalue weighted by molar-refractivity contribution is 5.77. The van der Waals surface area contributed by atoms with Crippen LogP contribution in [0.15, 0.2) is 18.7 Å². The van der Waals surface area contributed by atoms with Crippen LogP contribution < -0.4 is 28.5 Å². The van der Waals surface area contributed by atoms with Gasteiger partial charge in [0.1, 0.15) is 12.4 Å². The number of rotatable bonds is 3. The van der Waals surface area contributed by atoms with Crippen molar-refractivity contribution in [2.24, 2.45) is 7.05 Å². The summed E-state index contributed by atoms with van der Waals surface area (Å²) in [6.45, 7) is 0.341. The summed E-state index contributed by atoms with van der Waals surface area (Å²) < 4.78 is 7.73. The van der Waals surface area contributed by atoms with Crippen LogP contribution in [0.3, 0.4) is 0 Å². The lowest BCUT2D eigenvalue weighted by Gasteiger charge is -2.12. The number of ether oxygens (including phenoxy) is 1. The number of methoxy groups -OCH3 is 1. The zero-order valence-corrected chi connectivity index (χ0v) is 12.2. The first-order chi connectivity index (χ1) is 7.54. The number of carbonyl (C=O) groups excluding carboxylic acids is 2. The third kappa shape index (κ3) is 4.72. The average Bonchev–Trinajstić information content (AvgIpc) is 2.71. The molecule has 1 aromatic rings. The maximum Gasteiger partial charge on any atom is 0.415 e. The van der Waals surface area contributed by atoms with Gasteiger partial charge in [0.25, 0.3) is 6.33 Å². The van der Waals surface area contributed by atoms with E-state index in [1.165, 1.54) is 16.6 Å². The predicted molar refractivity (Wildman–Crippen MR) is 55.7 cm³/mol. The van der Waals surface area contributed by atoms with E-state index in [-0.39, 0.29) is 42.4 Å². The van der Waals surface area contributed by atoms with Gasteiger partial charge in [0.2, 0.25) is 0 Å². The van der Waals surface area contributed by atoms with Crippen LogP contribution in [0.1, 0.15) is 6.42 Å². The zero-order valence-electron chi connectivity index (χ0n) is 10.1. The third-order valence-electron chi connectivity index (χ3n) is 2.20. The van der Waals surface area contributed by atoms with Crippen molar-refractivity contribution in [2.45, 2.75) is 6.42 Å². The first kappa shape index (κ1) is 15.9. The number of carbonyl (C=O) groups is 2. The molecule has 6 nitrogen and oxygen atoms in total. The summed E-state index contributed by atoms with van der Waals surface area (Å²) in [6.07, 6.45) is 5.30. The van der Waals surface area contributed by atoms with Gasteiger partial charge in [-0.15, -0.1) is 0 Å². The number of hydrogen-bond donors (Lipinski definition) is 0. The van der Waals surface area contributed by atoms with Gasteiger partial charge in [0, 0.05) is 13.6 Å². The minimum atomic E-state index is -0.322. The number of nitrogens with zero attached hydrogens (tertiary/aromatic N) is 3. The van der Waals surface area contributed by atoms with Crippen molar-refractivity contribution in [3.63, 3.8) is 0 Å². The molecule has 0 saturated heterocycles. The molecule has 0 radical (unpaired) electrons. The van der Waals surface area contributed by atoms with Gasteiger partial charge in [-0.3, -0.25) is 4.79 Å². The number of aryl methyl sites for hydroxylation is 1. The van der Waals surface area contributed by atoms with Crippen LogP contribution in [0.5, 0.6) is 0 Å². The van der Waals surface area contributed by atoms with Crippen molar-refractivity contribution >= 4 is 12.0 Å². The topological polar surface area (TPSA) is 55.4 Å². The van der Waals surface area contributed by atoms with Crippen LogP contribution in [0.2, 0.25) is 0 Å². The van der Waals surface area contributed by atoms with Gasteiger partial charge in [-0.1, -0.05) is 0 Å². The molecule has 96 valence electrons. The van der Waals surface area contributed by atoms with Gasteiger partial charge in [-0.05, 0) is 0 Å². The number of aromatic nitrogens is 2. The molecule has 7 heteroatoms. The molecule has 0 bridgehead atoms. The Bertz CT molecular complexity index is 392. The van der Waals surface area contributed by atoms with Gasteiger partial charge in [0.15, 0.2) is 0 Å². The molecule has 1 rings (SSSR count). The lowest BCUT2D eigenvalue weighted by atomic mass is 10.4. The fraction of sp³-hybridized carbons (Fsp3) is 0.500. The van der Waals surface area contributed by atoms with E-state index in [0.29, 0.717) is 6.54 Å². The average molecular weight is 353 g/mol. The van der Waals surface area contributed by atoms with Crippen molar-refractivity contribution in [3.8, 4) is 0 Å². The Morgan fingerprint density at radius 3 is 2.59 bits per heavy atom. The maximum atomic E-state index is 11.8. The highest BCUT2D eigenvalue weighted by Gasteiger charge is 2.17. The Balaban J connectivity index is 0.00000256. The first-order valence-corrected chi connectivity index (χ1v) is 4.90. The zero-order chi connectivity index (χ0) is 12.1. The van der Waals surface area contributed by atoms with Crippen LogP contribution in [0.25, 0.3) is 0 Å². The molecule has 1 amide bonds. The fourth-order valence-electron chi connectivity index (χ4n) is 1.22. The summed E-state index contributed by atoms with van der Waals surface area (Å²) >= 11 is 0. The molecule has 0 aromatic carbocycles. The number of imidazole rings is 1. The van der Waals surface area contributed by atoms with Gasteiger partial charge in [0.05, 0.1) is 20.6 Å². The summed E-state index contributed by atoms with van der Waals surface area (Å²) in [4.78, 5) is 24.2. The summed E-state index contributed by atoms with van der Waals surface area (Å²) in [5, 5.41) is 0. The summed E-state index contributed by atoms with van der Waals surface area (Å²) in [5.74, 6) is -0.322. The third-order valence-corrected chi connectivity index (χ3v) is 2.20. The molecule has 17 heavy (non-hydrogen) atoms. The van der Waals surface area contributed by atoms with E-state index < -0.39 is 0 Å². The second-order valence-electron chi connectivity index (χ2n) is 3.52. The van der Waals surface area contributed by atoms with Crippen LogP contribution in [-0.4, -0.2) is 42.2 Å². The van der Waals surface area contributed by atoms with Crippen molar-refractivity contribution < 1.29 is 42.9 Å². The van der Waals surface area contributed by atoms with Crippen LogP contribution in [-0.2, 0) is 16.6 Å². The van der Waals surface area contributed by atoms with Crippen molar-refractivity contribution in [1.29, 1.82) is 0 Å². The number of hydrogen-bond acceptors (Lipinski definition) is 3. The molecular weight excluding hydrogens is 337 g/mol. The maximum absolute atomic E-state index is 11.8. The molecule has 0 aliphatic heterocycles. The molecule has 0 aliphatic carbocycles. The molecule has 0 atom stereocenters. The first-order valence-electron chi connectivity index (χ1n) is 4.90. The monoisotopic (exact) mass is 353 g/mol. The second-order valence-corrected chi connectivity index (χ2v) is 3.52. The van der Waals surface area contributed by atoms with E-state index >= 15 is 0 Å². The van der Waals surface area contributed by atoms with Crippen LogP contribution >= 0.6 is 0 Å². The van der Waals surface area contributed by atoms with Crippen LogP contribution in [0.4, 0.5) is 4.79 Å². The van der Waals surface area contributed by atoms with Crippen molar-refractivity contribution in [3.05, 3.63) is 18.7 Å². The van der Waals surface area contributed by atoms with Gasteiger partial charge in [-0.25, -0.2) is 9.36 Å². The van der Waals surface area contributed by atoms with E-state index in [0.717, 1.165) is 0 Å². The van der Waals surface area contributed by atoms with Gasteiger partial charge in [-0.2, -0.15) is 4.57 Å². The molecule has 0 unspecified atom stereocenters. The highest BCUT2D eigenvalue weighted by Crippen LogP contribution is 1.95. The smallest absolute Gasteiger partial charge is 0.415 e.